The first-order valence-corrected chi connectivity index (χ1v) is 5.24. The fourth-order valence-corrected chi connectivity index (χ4v) is 1.28. The summed E-state index contributed by atoms with van der Waals surface area (Å²) in [4.78, 5) is 25.3. The van der Waals surface area contributed by atoms with E-state index in [2.05, 4.69) is 0 Å². The normalized spacial score (nSPS) is 10.4. The van der Waals surface area contributed by atoms with Gasteiger partial charge in [0.25, 0.3) is 0 Å². The predicted octanol–water partition coefficient (Wildman–Crippen LogP) is -0.652. The highest BCUT2D eigenvalue weighted by molar-refractivity contribution is 5.80. The standard InChI is InChI=1S/C10H20N2O3/c1-3-11(5-7-13)9-10(15)12(4-2)6-8-14/h8,13H,3-7,9H2,1-2H3. The molecule has 0 saturated heterocycles. The van der Waals surface area contributed by atoms with Crippen LogP contribution in [0.2, 0.25) is 0 Å². The molecule has 0 atom stereocenters. The lowest BCUT2D eigenvalue weighted by molar-refractivity contribution is -0.134. The molecule has 0 fully saturated rings. The van der Waals surface area contributed by atoms with Gasteiger partial charge in [0, 0.05) is 13.1 Å². The first kappa shape index (κ1) is 14.1. The summed E-state index contributed by atoms with van der Waals surface area (Å²) in [5, 5.41) is 8.76. The Hall–Kier alpha value is -0.940. The Morgan fingerprint density at radius 2 is 2.00 bits per heavy atom. The largest absolute Gasteiger partial charge is 0.395 e. The van der Waals surface area contributed by atoms with E-state index in [0.717, 1.165) is 6.29 Å². The van der Waals surface area contributed by atoms with Crippen LogP contribution >= 0.6 is 0 Å². The summed E-state index contributed by atoms with van der Waals surface area (Å²) in [5.74, 6) is -0.0695. The van der Waals surface area contributed by atoms with Gasteiger partial charge in [0.2, 0.25) is 5.91 Å². The maximum atomic E-state index is 11.7. The number of carbonyl (C=O) groups excluding carboxylic acids is 2. The summed E-state index contributed by atoms with van der Waals surface area (Å²) < 4.78 is 0. The van der Waals surface area contributed by atoms with Crippen LogP contribution in [0.15, 0.2) is 0 Å². The minimum Gasteiger partial charge on any atom is -0.395 e. The van der Waals surface area contributed by atoms with Crippen LogP contribution in [0, 0.1) is 0 Å². The van der Waals surface area contributed by atoms with Crippen LogP contribution in [-0.2, 0) is 9.59 Å². The Morgan fingerprint density at radius 3 is 2.40 bits per heavy atom. The van der Waals surface area contributed by atoms with E-state index >= 15 is 0 Å². The average Bonchev–Trinajstić information content (AvgIpc) is 2.24. The Labute approximate surface area is 90.7 Å². The van der Waals surface area contributed by atoms with Crippen LogP contribution in [0.4, 0.5) is 0 Å². The summed E-state index contributed by atoms with van der Waals surface area (Å²) in [7, 11) is 0. The Bertz CT molecular complexity index is 197. The van der Waals surface area contributed by atoms with Crippen molar-refractivity contribution in [2.45, 2.75) is 13.8 Å². The lowest BCUT2D eigenvalue weighted by Gasteiger charge is -2.23. The third kappa shape index (κ3) is 5.49. The number of aldehydes is 1. The Morgan fingerprint density at radius 1 is 1.33 bits per heavy atom. The maximum absolute atomic E-state index is 11.7. The summed E-state index contributed by atoms with van der Waals surface area (Å²) in [5.41, 5.74) is 0. The van der Waals surface area contributed by atoms with Crippen molar-refractivity contribution in [1.29, 1.82) is 0 Å². The number of nitrogens with zero attached hydrogens (tertiary/aromatic N) is 2. The molecule has 0 rings (SSSR count). The third-order valence-corrected chi connectivity index (χ3v) is 2.25. The number of hydrogen-bond acceptors (Lipinski definition) is 4. The van der Waals surface area contributed by atoms with Crippen LogP contribution in [0.1, 0.15) is 13.8 Å². The van der Waals surface area contributed by atoms with E-state index in [1.807, 2.05) is 18.7 Å². The van der Waals surface area contributed by atoms with Gasteiger partial charge in [-0.25, -0.2) is 0 Å². The van der Waals surface area contributed by atoms with E-state index < -0.39 is 0 Å². The SMILES string of the molecule is CCN(CCO)CC(=O)N(CC)CC=O. The number of aliphatic hydroxyl groups is 1. The summed E-state index contributed by atoms with van der Waals surface area (Å²) in [6.45, 7) is 5.95. The minimum absolute atomic E-state index is 0.0426. The van der Waals surface area contributed by atoms with Gasteiger partial charge in [-0.3, -0.25) is 9.69 Å². The van der Waals surface area contributed by atoms with E-state index in [4.69, 9.17) is 5.11 Å². The molecule has 5 nitrogen and oxygen atoms in total. The molecular weight excluding hydrogens is 196 g/mol. The number of amides is 1. The molecule has 0 aromatic heterocycles. The summed E-state index contributed by atoms with van der Waals surface area (Å²) in [6.07, 6.45) is 0.726. The molecule has 0 aromatic rings. The molecule has 0 heterocycles. The Kier molecular flexibility index (Phi) is 7.85. The molecule has 0 radical (unpaired) electrons. The molecule has 0 unspecified atom stereocenters. The quantitative estimate of drug-likeness (QED) is 0.548. The smallest absolute Gasteiger partial charge is 0.237 e. The van der Waals surface area contributed by atoms with Gasteiger partial charge in [0.05, 0.1) is 19.7 Å². The summed E-state index contributed by atoms with van der Waals surface area (Å²) >= 11 is 0. The lowest BCUT2D eigenvalue weighted by atomic mass is 10.4. The predicted molar refractivity (Wildman–Crippen MR) is 57.5 cm³/mol. The van der Waals surface area contributed by atoms with Crippen LogP contribution in [0.3, 0.4) is 0 Å². The molecule has 0 aliphatic carbocycles. The van der Waals surface area contributed by atoms with Crippen molar-refractivity contribution in [3.8, 4) is 0 Å². The van der Waals surface area contributed by atoms with Gasteiger partial charge >= 0.3 is 0 Å². The first-order chi connectivity index (χ1) is 7.19. The van der Waals surface area contributed by atoms with Crippen molar-refractivity contribution >= 4 is 12.2 Å². The van der Waals surface area contributed by atoms with Crippen molar-refractivity contribution in [3.05, 3.63) is 0 Å². The number of hydrogen-bond donors (Lipinski definition) is 1. The van der Waals surface area contributed by atoms with Crippen molar-refractivity contribution in [2.24, 2.45) is 0 Å². The zero-order valence-corrected chi connectivity index (χ0v) is 9.48. The van der Waals surface area contributed by atoms with Crippen LogP contribution in [0.5, 0.6) is 0 Å². The fraction of sp³-hybridized carbons (Fsp3) is 0.800. The molecule has 88 valence electrons. The highest BCUT2D eigenvalue weighted by atomic mass is 16.3. The van der Waals surface area contributed by atoms with Gasteiger partial charge in [-0.1, -0.05) is 6.92 Å². The number of rotatable bonds is 8. The fourth-order valence-electron chi connectivity index (χ4n) is 1.28. The minimum atomic E-state index is -0.0695. The molecule has 5 heteroatoms. The van der Waals surface area contributed by atoms with E-state index in [1.54, 1.807) is 0 Å². The van der Waals surface area contributed by atoms with Crippen molar-refractivity contribution in [3.63, 3.8) is 0 Å². The second-order valence-electron chi connectivity index (χ2n) is 3.19. The highest BCUT2D eigenvalue weighted by Gasteiger charge is 2.14. The van der Waals surface area contributed by atoms with E-state index in [0.29, 0.717) is 19.6 Å². The van der Waals surface area contributed by atoms with Crippen LogP contribution in [-0.4, -0.2) is 66.4 Å². The van der Waals surface area contributed by atoms with Gasteiger partial charge in [-0.2, -0.15) is 0 Å². The van der Waals surface area contributed by atoms with E-state index in [-0.39, 0.29) is 25.6 Å². The molecule has 15 heavy (non-hydrogen) atoms. The van der Waals surface area contributed by atoms with Crippen LogP contribution in [0.25, 0.3) is 0 Å². The van der Waals surface area contributed by atoms with Gasteiger partial charge in [0.1, 0.15) is 6.29 Å². The van der Waals surface area contributed by atoms with Gasteiger partial charge in [-0.05, 0) is 13.5 Å². The van der Waals surface area contributed by atoms with Crippen molar-refractivity contribution in [1.82, 2.24) is 9.80 Å². The zero-order chi connectivity index (χ0) is 11.7. The van der Waals surface area contributed by atoms with Gasteiger partial charge in [-0.15, -0.1) is 0 Å². The molecular formula is C10H20N2O3. The monoisotopic (exact) mass is 216 g/mol. The molecule has 1 N–H and O–H groups in total. The third-order valence-electron chi connectivity index (χ3n) is 2.25. The molecule has 0 bridgehead atoms. The number of carbonyl (C=O) groups is 2. The average molecular weight is 216 g/mol. The summed E-state index contributed by atoms with van der Waals surface area (Å²) in [6, 6.07) is 0. The number of aliphatic hydroxyl groups excluding tert-OH is 1. The van der Waals surface area contributed by atoms with Crippen molar-refractivity contribution < 1.29 is 14.7 Å². The molecule has 0 aromatic carbocycles. The topological polar surface area (TPSA) is 60.9 Å². The van der Waals surface area contributed by atoms with Gasteiger partial charge in [0.15, 0.2) is 0 Å². The molecule has 0 aliphatic rings. The second-order valence-corrected chi connectivity index (χ2v) is 3.19. The second kappa shape index (κ2) is 8.38. The number of likely N-dealkylation sites (N-methyl/N-ethyl adjacent to an activating group) is 2. The van der Waals surface area contributed by atoms with Gasteiger partial charge < -0.3 is 14.8 Å². The van der Waals surface area contributed by atoms with E-state index in [9.17, 15) is 9.59 Å². The maximum Gasteiger partial charge on any atom is 0.237 e. The molecule has 0 aliphatic heterocycles. The Balaban J connectivity index is 4.11. The van der Waals surface area contributed by atoms with E-state index in [1.165, 1.54) is 4.90 Å². The molecule has 1 amide bonds. The molecule has 0 saturated carbocycles. The zero-order valence-electron chi connectivity index (χ0n) is 9.48. The lowest BCUT2D eigenvalue weighted by Crippen LogP contribution is -2.41. The van der Waals surface area contributed by atoms with Crippen molar-refractivity contribution in [2.75, 3.05) is 39.3 Å². The first-order valence-electron chi connectivity index (χ1n) is 5.24. The molecule has 0 spiro atoms. The highest BCUT2D eigenvalue weighted by Crippen LogP contribution is 1.93. The van der Waals surface area contributed by atoms with Crippen LogP contribution < -0.4 is 0 Å².